The Labute approximate surface area is 194 Å². The van der Waals surface area contributed by atoms with E-state index in [0.29, 0.717) is 42.2 Å². The molecule has 174 valence electrons. The number of carbonyl (C=O) groups excluding carboxylic acids is 1. The molecule has 1 aliphatic heterocycles. The molecule has 9 heteroatoms. The maximum Gasteiger partial charge on any atom is 0.243 e. The Morgan fingerprint density at radius 2 is 2.03 bits per heavy atom. The van der Waals surface area contributed by atoms with E-state index in [0.717, 1.165) is 17.7 Å². The van der Waals surface area contributed by atoms with Gasteiger partial charge in [0.25, 0.3) is 0 Å². The Hall–Kier alpha value is -3.04. The number of hydrogen-bond donors (Lipinski definition) is 1. The molecule has 0 spiro atoms. The van der Waals surface area contributed by atoms with Gasteiger partial charge in [0.1, 0.15) is 0 Å². The van der Waals surface area contributed by atoms with Crippen molar-refractivity contribution in [1.82, 2.24) is 14.4 Å². The first-order chi connectivity index (χ1) is 15.8. The molecule has 2 aromatic carbocycles. The number of piperidine rings is 1. The molecule has 1 aliphatic rings. The quantitative estimate of drug-likeness (QED) is 0.587. The standard InChI is InChI=1S/C24H28N4O4S/c1-4-18-7-5-9-21(13-18)26-24(29)20-8-6-12-28(15-20)33(30,31)22-14-19(11-10-16(22)2)23-25-17(3)32-27-23/h5,7,9-11,13-14,20H,4,6,8,12,15H2,1-3H3,(H,26,29)/t20-/m1/s1. The van der Waals surface area contributed by atoms with Crippen molar-refractivity contribution >= 4 is 21.6 Å². The normalized spacial score (nSPS) is 17.1. The highest BCUT2D eigenvalue weighted by molar-refractivity contribution is 7.89. The fourth-order valence-corrected chi connectivity index (χ4v) is 5.84. The molecule has 3 aromatic rings. The van der Waals surface area contributed by atoms with E-state index in [2.05, 4.69) is 22.4 Å². The Morgan fingerprint density at radius 1 is 1.21 bits per heavy atom. The number of nitrogens with zero attached hydrogens (tertiary/aromatic N) is 3. The molecule has 1 saturated heterocycles. The van der Waals surface area contributed by atoms with Gasteiger partial charge in [-0.3, -0.25) is 4.79 Å². The van der Waals surface area contributed by atoms with Gasteiger partial charge in [-0.2, -0.15) is 9.29 Å². The molecule has 0 aliphatic carbocycles. The van der Waals surface area contributed by atoms with Crippen LogP contribution in [0.4, 0.5) is 5.69 Å². The molecule has 0 radical (unpaired) electrons. The van der Waals surface area contributed by atoms with Crippen LogP contribution < -0.4 is 5.32 Å². The summed E-state index contributed by atoms with van der Waals surface area (Å²) in [6.07, 6.45) is 2.14. The second-order valence-corrected chi connectivity index (χ2v) is 10.3. The molecule has 1 fully saturated rings. The summed E-state index contributed by atoms with van der Waals surface area (Å²) in [6.45, 7) is 6.02. The third-order valence-corrected chi connectivity index (χ3v) is 7.96. The summed E-state index contributed by atoms with van der Waals surface area (Å²) >= 11 is 0. The van der Waals surface area contributed by atoms with Crippen LogP contribution in [0.1, 0.15) is 36.8 Å². The number of sulfonamides is 1. The van der Waals surface area contributed by atoms with Gasteiger partial charge in [-0.25, -0.2) is 8.42 Å². The first-order valence-corrected chi connectivity index (χ1v) is 12.5. The van der Waals surface area contributed by atoms with E-state index >= 15 is 0 Å². The summed E-state index contributed by atoms with van der Waals surface area (Å²) in [6, 6.07) is 12.8. The SMILES string of the molecule is CCc1cccc(NC(=O)[C@@H]2CCCN(S(=O)(=O)c3cc(-c4noc(C)n4)ccc3C)C2)c1. The average molecular weight is 469 g/mol. The van der Waals surface area contributed by atoms with E-state index in [1.165, 1.54) is 4.31 Å². The minimum Gasteiger partial charge on any atom is -0.339 e. The van der Waals surface area contributed by atoms with Crippen LogP contribution in [0.15, 0.2) is 51.9 Å². The van der Waals surface area contributed by atoms with Gasteiger partial charge in [-0.05, 0) is 55.5 Å². The monoisotopic (exact) mass is 468 g/mol. The van der Waals surface area contributed by atoms with Crippen LogP contribution in [0.25, 0.3) is 11.4 Å². The minimum atomic E-state index is -3.80. The van der Waals surface area contributed by atoms with Gasteiger partial charge in [-0.15, -0.1) is 0 Å². The van der Waals surface area contributed by atoms with Crippen LogP contribution in [-0.2, 0) is 21.2 Å². The lowest BCUT2D eigenvalue weighted by atomic mass is 9.98. The maximum atomic E-state index is 13.5. The Morgan fingerprint density at radius 3 is 2.76 bits per heavy atom. The van der Waals surface area contributed by atoms with E-state index in [1.54, 1.807) is 32.0 Å². The number of anilines is 1. The van der Waals surface area contributed by atoms with Crippen molar-refractivity contribution in [3.8, 4) is 11.4 Å². The molecule has 1 aromatic heterocycles. The van der Waals surface area contributed by atoms with Crippen molar-refractivity contribution < 1.29 is 17.7 Å². The first kappa shape index (κ1) is 23.1. The van der Waals surface area contributed by atoms with Crippen molar-refractivity contribution in [2.45, 2.75) is 44.9 Å². The van der Waals surface area contributed by atoms with Gasteiger partial charge >= 0.3 is 0 Å². The lowest BCUT2D eigenvalue weighted by molar-refractivity contribution is -0.120. The smallest absolute Gasteiger partial charge is 0.243 e. The maximum absolute atomic E-state index is 13.5. The number of aromatic nitrogens is 2. The summed E-state index contributed by atoms with van der Waals surface area (Å²) in [5.41, 5.74) is 3.06. The van der Waals surface area contributed by atoms with Crippen molar-refractivity contribution in [2.75, 3.05) is 18.4 Å². The number of amides is 1. The highest BCUT2D eigenvalue weighted by Gasteiger charge is 2.34. The van der Waals surface area contributed by atoms with Gasteiger partial charge in [0, 0.05) is 31.3 Å². The van der Waals surface area contributed by atoms with Gasteiger partial charge < -0.3 is 9.84 Å². The summed E-state index contributed by atoms with van der Waals surface area (Å²) in [5.74, 6) is 0.177. The average Bonchev–Trinajstić information content (AvgIpc) is 3.25. The molecular weight excluding hydrogens is 440 g/mol. The summed E-state index contributed by atoms with van der Waals surface area (Å²) in [7, 11) is -3.80. The predicted molar refractivity (Wildman–Crippen MR) is 125 cm³/mol. The molecule has 1 N–H and O–H groups in total. The van der Waals surface area contributed by atoms with Crippen LogP contribution in [0.5, 0.6) is 0 Å². The van der Waals surface area contributed by atoms with E-state index < -0.39 is 15.9 Å². The molecule has 1 atom stereocenters. The Bertz CT molecular complexity index is 1270. The summed E-state index contributed by atoms with van der Waals surface area (Å²) in [4.78, 5) is 17.3. The van der Waals surface area contributed by atoms with Gasteiger partial charge in [0.2, 0.25) is 27.6 Å². The second-order valence-electron chi connectivity index (χ2n) is 8.36. The van der Waals surface area contributed by atoms with E-state index in [-0.39, 0.29) is 17.3 Å². The lowest BCUT2D eigenvalue weighted by Crippen LogP contribution is -2.43. The molecule has 8 nitrogen and oxygen atoms in total. The molecule has 4 rings (SSSR count). The third kappa shape index (κ3) is 4.99. The molecule has 33 heavy (non-hydrogen) atoms. The van der Waals surface area contributed by atoms with Crippen LogP contribution >= 0.6 is 0 Å². The first-order valence-electron chi connectivity index (χ1n) is 11.1. The second kappa shape index (κ2) is 9.44. The van der Waals surface area contributed by atoms with Gasteiger partial charge in [0.15, 0.2) is 0 Å². The number of aryl methyl sites for hydroxylation is 3. The molecule has 2 heterocycles. The Balaban J connectivity index is 1.54. The van der Waals surface area contributed by atoms with E-state index in [9.17, 15) is 13.2 Å². The van der Waals surface area contributed by atoms with Crippen LogP contribution in [0, 0.1) is 19.8 Å². The number of hydrogen-bond acceptors (Lipinski definition) is 6. The number of nitrogens with one attached hydrogen (secondary N) is 1. The van der Waals surface area contributed by atoms with Crippen LogP contribution in [0.3, 0.4) is 0 Å². The lowest BCUT2D eigenvalue weighted by Gasteiger charge is -2.31. The molecular formula is C24H28N4O4S. The predicted octanol–water partition coefficient (Wildman–Crippen LogP) is 3.96. The van der Waals surface area contributed by atoms with Crippen molar-refractivity contribution in [3.05, 3.63) is 59.5 Å². The number of rotatable bonds is 6. The highest BCUT2D eigenvalue weighted by Crippen LogP contribution is 2.29. The van der Waals surface area contributed by atoms with Crippen LogP contribution in [-0.4, -0.2) is 41.9 Å². The zero-order valence-electron chi connectivity index (χ0n) is 19.0. The van der Waals surface area contributed by atoms with Gasteiger partial charge in [-0.1, -0.05) is 36.3 Å². The number of carbonyl (C=O) groups is 1. The Kier molecular flexibility index (Phi) is 6.62. The summed E-state index contributed by atoms with van der Waals surface area (Å²) in [5, 5.41) is 6.85. The van der Waals surface area contributed by atoms with E-state index in [1.807, 2.05) is 24.3 Å². The van der Waals surface area contributed by atoms with Crippen molar-refractivity contribution in [3.63, 3.8) is 0 Å². The highest BCUT2D eigenvalue weighted by atomic mass is 32.2. The van der Waals surface area contributed by atoms with Gasteiger partial charge in [0.05, 0.1) is 10.8 Å². The summed E-state index contributed by atoms with van der Waals surface area (Å²) < 4.78 is 33.5. The van der Waals surface area contributed by atoms with Crippen molar-refractivity contribution in [1.29, 1.82) is 0 Å². The largest absolute Gasteiger partial charge is 0.339 e. The third-order valence-electron chi connectivity index (χ3n) is 5.95. The van der Waals surface area contributed by atoms with Crippen LogP contribution in [0.2, 0.25) is 0 Å². The fourth-order valence-electron chi connectivity index (χ4n) is 4.06. The molecule has 0 unspecified atom stereocenters. The topological polar surface area (TPSA) is 105 Å². The van der Waals surface area contributed by atoms with Crippen molar-refractivity contribution in [2.24, 2.45) is 5.92 Å². The zero-order chi connectivity index (χ0) is 23.6. The minimum absolute atomic E-state index is 0.145. The number of benzene rings is 2. The zero-order valence-corrected chi connectivity index (χ0v) is 19.9. The molecule has 0 saturated carbocycles. The molecule has 0 bridgehead atoms. The fraction of sp³-hybridized carbons (Fsp3) is 0.375. The molecule has 1 amide bonds. The van der Waals surface area contributed by atoms with E-state index in [4.69, 9.17) is 4.52 Å².